The van der Waals surface area contributed by atoms with E-state index in [4.69, 9.17) is 11.6 Å². The van der Waals surface area contributed by atoms with Crippen molar-refractivity contribution >= 4 is 51.9 Å². The second-order valence-electron chi connectivity index (χ2n) is 8.55. The molecule has 0 radical (unpaired) electrons. The molecule has 1 saturated heterocycles. The van der Waals surface area contributed by atoms with Crippen molar-refractivity contribution < 1.29 is 9.18 Å². The van der Waals surface area contributed by atoms with E-state index in [0.29, 0.717) is 32.3 Å². The van der Waals surface area contributed by atoms with E-state index in [1.807, 2.05) is 6.07 Å². The normalized spacial score (nSPS) is 22.7. The summed E-state index contributed by atoms with van der Waals surface area (Å²) in [4.78, 5) is 19.6. The first-order chi connectivity index (χ1) is 14.7. The number of benzene rings is 2. The molecular weight excluding hydrogens is 433 g/mol. The number of hydrogen-bond donors (Lipinski definition) is 1. The zero-order valence-electron chi connectivity index (χ0n) is 18.0. The Kier molecular flexibility index (Phi) is 5.88. The summed E-state index contributed by atoms with van der Waals surface area (Å²) < 4.78 is 15.1. The van der Waals surface area contributed by atoms with Crippen LogP contribution in [0.1, 0.15) is 51.2 Å². The zero-order valence-corrected chi connectivity index (χ0v) is 19.6. The van der Waals surface area contributed by atoms with E-state index >= 15 is 4.39 Å². The predicted molar refractivity (Wildman–Crippen MR) is 129 cm³/mol. The number of carbonyl (C=O) groups excluding carboxylic acids is 1. The van der Waals surface area contributed by atoms with Crippen LogP contribution in [0, 0.1) is 5.82 Å². The van der Waals surface area contributed by atoms with Crippen LogP contribution >= 0.6 is 23.4 Å². The SMILES string of the molecule is CCN1c2cc(F)c(/C=C3/SC(=Nc4ccc(Cl)cc4)NC3=O)cc2C(C)CC1(C)C. The Morgan fingerprint density at radius 3 is 2.71 bits per heavy atom. The molecule has 2 aliphatic heterocycles. The van der Waals surface area contributed by atoms with Gasteiger partial charge in [0.05, 0.1) is 10.6 Å². The number of hydrogen-bond acceptors (Lipinski definition) is 4. The molecule has 1 N–H and O–H groups in total. The summed E-state index contributed by atoms with van der Waals surface area (Å²) >= 11 is 7.11. The number of thioether (sulfide) groups is 1. The second kappa shape index (κ2) is 8.32. The molecule has 0 bridgehead atoms. The molecule has 2 heterocycles. The van der Waals surface area contributed by atoms with E-state index in [-0.39, 0.29) is 17.3 Å². The molecule has 4 rings (SSSR count). The average Bonchev–Trinajstić information content (AvgIpc) is 3.03. The second-order valence-corrected chi connectivity index (χ2v) is 10.0. The molecule has 31 heavy (non-hydrogen) atoms. The highest BCUT2D eigenvalue weighted by atomic mass is 35.5. The van der Waals surface area contributed by atoms with Crippen molar-refractivity contribution in [2.24, 2.45) is 4.99 Å². The molecule has 2 aromatic rings. The quantitative estimate of drug-likeness (QED) is 0.536. The van der Waals surface area contributed by atoms with E-state index in [0.717, 1.165) is 24.2 Å². The lowest BCUT2D eigenvalue weighted by Crippen LogP contribution is -2.48. The van der Waals surface area contributed by atoms with Gasteiger partial charge in [0.2, 0.25) is 0 Å². The Labute approximate surface area is 191 Å². The third-order valence-electron chi connectivity index (χ3n) is 5.82. The molecule has 4 nitrogen and oxygen atoms in total. The van der Waals surface area contributed by atoms with E-state index in [2.05, 4.69) is 42.9 Å². The fourth-order valence-electron chi connectivity index (χ4n) is 4.48. The lowest BCUT2D eigenvalue weighted by molar-refractivity contribution is -0.115. The van der Waals surface area contributed by atoms with E-state index in [9.17, 15) is 4.79 Å². The highest BCUT2D eigenvalue weighted by Crippen LogP contribution is 2.44. The molecule has 7 heteroatoms. The molecule has 1 unspecified atom stereocenters. The van der Waals surface area contributed by atoms with Gasteiger partial charge in [-0.3, -0.25) is 4.79 Å². The Morgan fingerprint density at radius 2 is 2.03 bits per heavy atom. The molecule has 0 spiro atoms. The summed E-state index contributed by atoms with van der Waals surface area (Å²) in [5.41, 5.74) is 3.14. The smallest absolute Gasteiger partial charge is 0.264 e. The van der Waals surface area contributed by atoms with Crippen LogP contribution in [0.3, 0.4) is 0 Å². The minimum atomic E-state index is -0.328. The lowest BCUT2D eigenvalue weighted by atomic mass is 9.79. The Morgan fingerprint density at radius 1 is 1.32 bits per heavy atom. The van der Waals surface area contributed by atoms with Gasteiger partial charge in [-0.15, -0.1) is 0 Å². The van der Waals surface area contributed by atoms with Crippen molar-refractivity contribution in [1.29, 1.82) is 0 Å². The van der Waals surface area contributed by atoms with Gasteiger partial charge in [-0.2, -0.15) is 0 Å². The first-order valence-corrected chi connectivity index (χ1v) is 11.5. The minimum Gasteiger partial charge on any atom is -0.366 e. The third-order valence-corrected chi connectivity index (χ3v) is 6.98. The molecule has 0 aromatic heterocycles. The van der Waals surface area contributed by atoms with Crippen molar-refractivity contribution in [2.45, 2.75) is 45.6 Å². The van der Waals surface area contributed by atoms with Gasteiger partial charge in [-0.05, 0) is 92.9 Å². The Balaban J connectivity index is 1.66. The highest BCUT2D eigenvalue weighted by Gasteiger charge is 2.36. The molecule has 0 aliphatic carbocycles. The number of fused-ring (bicyclic) bond motifs is 1. The van der Waals surface area contributed by atoms with Crippen molar-refractivity contribution in [1.82, 2.24) is 5.32 Å². The first kappa shape index (κ1) is 21.9. The van der Waals surface area contributed by atoms with Crippen molar-refractivity contribution in [3.63, 3.8) is 0 Å². The Bertz CT molecular complexity index is 1090. The number of nitrogens with zero attached hydrogens (tertiary/aromatic N) is 2. The van der Waals surface area contributed by atoms with Crippen molar-refractivity contribution in [3.8, 4) is 0 Å². The molecular formula is C24H25ClFN3OS. The first-order valence-electron chi connectivity index (χ1n) is 10.3. The van der Waals surface area contributed by atoms with Crippen LogP contribution < -0.4 is 10.2 Å². The summed E-state index contributed by atoms with van der Waals surface area (Å²) in [7, 11) is 0. The molecule has 1 atom stereocenters. The third kappa shape index (κ3) is 4.37. The summed E-state index contributed by atoms with van der Waals surface area (Å²) in [5, 5.41) is 3.83. The maximum atomic E-state index is 15.1. The van der Waals surface area contributed by atoms with Gasteiger partial charge in [-0.1, -0.05) is 18.5 Å². The summed E-state index contributed by atoms with van der Waals surface area (Å²) in [6.07, 6.45) is 2.60. The number of halogens is 2. The predicted octanol–water partition coefficient (Wildman–Crippen LogP) is 6.48. The van der Waals surface area contributed by atoms with Crippen LogP contribution in [-0.2, 0) is 4.79 Å². The van der Waals surface area contributed by atoms with Crippen LogP contribution in [0.25, 0.3) is 6.08 Å². The fraction of sp³-hybridized carbons (Fsp3) is 0.333. The number of carbonyl (C=O) groups is 1. The van der Waals surface area contributed by atoms with Gasteiger partial charge in [0.25, 0.3) is 5.91 Å². The average molecular weight is 458 g/mol. The standard InChI is InChI=1S/C24H25ClFN3OS/c1-5-29-20-12-19(26)15(10-18(20)14(2)13-24(29,3)4)11-21-22(30)28-23(31-21)27-17-8-6-16(25)7-9-17/h6-12,14H,5,13H2,1-4H3,(H,27,28,30)/b21-11+. The van der Waals surface area contributed by atoms with E-state index in [1.54, 1.807) is 36.4 Å². The molecule has 2 aromatic carbocycles. The van der Waals surface area contributed by atoms with Crippen molar-refractivity contribution in [3.05, 3.63) is 63.3 Å². The van der Waals surface area contributed by atoms with Crippen molar-refractivity contribution in [2.75, 3.05) is 11.4 Å². The molecule has 2 aliphatic rings. The zero-order chi connectivity index (χ0) is 22.3. The van der Waals surface area contributed by atoms with Gasteiger partial charge in [-0.25, -0.2) is 9.38 Å². The number of nitrogens with one attached hydrogen (secondary N) is 1. The van der Waals surface area contributed by atoms with Gasteiger partial charge in [0, 0.05) is 28.4 Å². The molecule has 1 fully saturated rings. The molecule has 0 saturated carbocycles. The van der Waals surface area contributed by atoms with Crippen LogP contribution in [0.15, 0.2) is 46.3 Å². The fourth-order valence-corrected chi connectivity index (χ4v) is 5.44. The maximum absolute atomic E-state index is 15.1. The van der Waals surface area contributed by atoms with E-state index in [1.165, 1.54) is 11.8 Å². The van der Waals surface area contributed by atoms with Crippen LogP contribution in [-0.4, -0.2) is 23.2 Å². The van der Waals surface area contributed by atoms with Gasteiger partial charge < -0.3 is 10.2 Å². The lowest BCUT2D eigenvalue weighted by Gasteiger charge is -2.47. The van der Waals surface area contributed by atoms with Gasteiger partial charge >= 0.3 is 0 Å². The topological polar surface area (TPSA) is 44.7 Å². The summed E-state index contributed by atoms with van der Waals surface area (Å²) in [6, 6.07) is 10.5. The number of aliphatic imine (C=N–C) groups is 1. The number of amides is 1. The van der Waals surface area contributed by atoms with Gasteiger partial charge in [0.1, 0.15) is 5.82 Å². The van der Waals surface area contributed by atoms with Crippen LogP contribution in [0.4, 0.5) is 15.8 Å². The van der Waals surface area contributed by atoms with Crippen LogP contribution in [0.5, 0.6) is 0 Å². The number of anilines is 1. The highest BCUT2D eigenvalue weighted by molar-refractivity contribution is 8.18. The van der Waals surface area contributed by atoms with E-state index < -0.39 is 0 Å². The maximum Gasteiger partial charge on any atom is 0.264 e. The number of amidine groups is 1. The Hall–Kier alpha value is -2.31. The summed E-state index contributed by atoms with van der Waals surface area (Å²) in [6.45, 7) is 9.48. The molecule has 1 amide bonds. The summed E-state index contributed by atoms with van der Waals surface area (Å²) in [5.74, 6) is -0.303. The number of rotatable bonds is 3. The minimum absolute atomic E-state index is 0.0260. The largest absolute Gasteiger partial charge is 0.366 e. The molecule has 162 valence electrons. The van der Waals surface area contributed by atoms with Crippen LogP contribution in [0.2, 0.25) is 5.02 Å². The monoisotopic (exact) mass is 457 g/mol. The van der Waals surface area contributed by atoms with Gasteiger partial charge in [0.15, 0.2) is 5.17 Å².